The summed E-state index contributed by atoms with van der Waals surface area (Å²) in [5, 5.41) is 88.3. The van der Waals surface area contributed by atoms with Crippen LogP contribution in [0.15, 0.2) is 42.0 Å². The van der Waals surface area contributed by atoms with Crippen LogP contribution in [0.25, 0.3) is 0 Å². The van der Waals surface area contributed by atoms with Gasteiger partial charge in [0.2, 0.25) is 0 Å². The van der Waals surface area contributed by atoms with E-state index >= 15 is 0 Å². The number of hydrogen-bond acceptors (Lipinski definition) is 12. The fourth-order valence-electron chi connectivity index (χ4n) is 13.3. The maximum Gasteiger partial charge on any atom is 0.338 e. The van der Waals surface area contributed by atoms with Crippen LogP contribution < -0.4 is 0 Å². The van der Waals surface area contributed by atoms with Crippen molar-refractivity contribution in [2.45, 2.75) is 142 Å². The van der Waals surface area contributed by atoms with Crippen LogP contribution in [-0.4, -0.2) is 121 Å². The second kappa shape index (κ2) is 14.1. The SMILES string of the molecule is CC1(C)CC2C3=CC[C@@H]4[C@@]5(C)CC[C@H](O[C@@H]6O[C@H](C(=O)O)[C@@H](O)[C@H](O)[C@H]6O)[C@@](C)(CO)[C@@H]5CC[C@@]4(C)[C@]3(C)C[C@H](O)[C@@]2(COC(=O)c2ccccc2)[C@@H](O)[C@@H]1O. The summed E-state index contributed by atoms with van der Waals surface area (Å²) in [7, 11) is 0. The Bertz CT molecular complexity index is 1700. The number of aliphatic hydroxyl groups is 7. The monoisotopic (exact) mass is 786 g/mol. The van der Waals surface area contributed by atoms with Gasteiger partial charge in [-0.05, 0) is 96.5 Å². The number of hydrogen-bond donors (Lipinski definition) is 8. The van der Waals surface area contributed by atoms with Gasteiger partial charge in [-0.1, -0.05) is 71.4 Å². The quantitative estimate of drug-likeness (QED) is 0.113. The summed E-state index contributed by atoms with van der Waals surface area (Å²) >= 11 is 0. The van der Waals surface area contributed by atoms with Crippen LogP contribution in [0, 0.1) is 50.2 Å². The largest absolute Gasteiger partial charge is 0.479 e. The lowest BCUT2D eigenvalue weighted by atomic mass is 9.33. The van der Waals surface area contributed by atoms with E-state index in [0.717, 1.165) is 12.0 Å². The molecule has 8 N–H and O–H groups in total. The Morgan fingerprint density at radius 3 is 2.16 bits per heavy atom. The Hall–Kier alpha value is -2.46. The van der Waals surface area contributed by atoms with Crippen molar-refractivity contribution in [3.8, 4) is 0 Å². The Kier molecular flexibility index (Phi) is 10.5. The van der Waals surface area contributed by atoms with E-state index in [-0.39, 0.29) is 42.3 Å². The highest BCUT2D eigenvalue weighted by molar-refractivity contribution is 5.89. The fourth-order valence-corrected chi connectivity index (χ4v) is 13.3. The van der Waals surface area contributed by atoms with Crippen molar-refractivity contribution in [3.63, 3.8) is 0 Å². The Labute approximate surface area is 328 Å². The number of carbonyl (C=O) groups excluding carboxylic acids is 1. The number of ether oxygens (including phenoxy) is 3. The van der Waals surface area contributed by atoms with Crippen LogP contribution in [0.2, 0.25) is 0 Å². The molecule has 0 spiro atoms. The first-order chi connectivity index (χ1) is 26.1. The lowest BCUT2D eigenvalue weighted by molar-refractivity contribution is -0.328. The van der Waals surface area contributed by atoms with Crippen LogP contribution in [0.5, 0.6) is 0 Å². The normalized spacial score (nSPS) is 49.6. The number of allylic oxidation sites excluding steroid dienone is 2. The molecule has 1 heterocycles. The molecule has 1 unspecified atom stereocenters. The average molecular weight is 787 g/mol. The molecule has 0 aromatic heterocycles. The molecule has 312 valence electrons. The van der Waals surface area contributed by atoms with Crippen molar-refractivity contribution in [1.29, 1.82) is 0 Å². The van der Waals surface area contributed by atoms with Crippen molar-refractivity contribution >= 4 is 11.9 Å². The number of aliphatic carboxylic acids is 1. The summed E-state index contributed by atoms with van der Waals surface area (Å²) in [6.45, 7) is 12.1. The molecule has 5 aliphatic carbocycles. The maximum absolute atomic E-state index is 13.3. The highest BCUT2D eigenvalue weighted by atomic mass is 16.7. The van der Waals surface area contributed by atoms with Gasteiger partial charge in [-0.25, -0.2) is 9.59 Å². The Morgan fingerprint density at radius 2 is 1.52 bits per heavy atom. The first kappa shape index (κ1) is 41.7. The second-order valence-corrected chi connectivity index (χ2v) is 19.8. The number of carboxylic acids is 1. The van der Waals surface area contributed by atoms with Gasteiger partial charge in [0.05, 0.1) is 42.0 Å². The van der Waals surface area contributed by atoms with Crippen LogP contribution in [0.1, 0.15) is 96.8 Å². The van der Waals surface area contributed by atoms with Gasteiger partial charge in [0.15, 0.2) is 12.4 Å². The van der Waals surface area contributed by atoms with Crippen LogP contribution in [0.4, 0.5) is 0 Å². The Morgan fingerprint density at radius 1 is 0.839 bits per heavy atom. The van der Waals surface area contributed by atoms with E-state index in [2.05, 4.69) is 26.8 Å². The third-order valence-electron chi connectivity index (χ3n) is 16.8. The maximum atomic E-state index is 13.3. The predicted molar refractivity (Wildman–Crippen MR) is 201 cm³/mol. The molecule has 0 radical (unpaired) electrons. The lowest BCUT2D eigenvalue weighted by Crippen LogP contribution is -2.72. The minimum absolute atomic E-state index is 0.0718. The molecule has 1 aromatic rings. The minimum atomic E-state index is -1.84. The minimum Gasteiger partial charge on any atom is -0.479 e. The fraction of sp³-hybridized carbons (Fsp3) is 0.767. The van der Waals surface area contributed by atoms with E-state index in [0.29, 0.717) is 37.7 Å². The standard InChI is InChI=1S/C43H62O13/c1-38(2)18-24-23-12-13-26-39(3)16-15-28(55-37-31(48)29(46)30(47)32(56-37)35(51)52)40(4,20-44)25(39)14-17-41(26,5)42(23,6)19-27(45)43(24,34(50)33(38)49)21-54-36(53)22-10-8-7-9-11-22/h7-12,24-34,37,44-50H,13-21H2,1-6H3,(H,51,52)/t24?,25-,26-,27+,28+,29+,30+,31-,32+,33+,34+,37-,39+,40+,41-,42-,43+/m1/s1. The summed E-state index contributed by atoms with van der Waals surface area (Å²) < 4.78 is 17.8. The van der Waals surface area contributed by atoms with Crippen molar-refractivity contribution in [3.05, 3.63) is 47.5 Å². The van der Waals surface area contributed by atoms with Crippen molar-refractivity contribution in [2.24, 2.45) is 50.2 Å². The average Bonchev–Trinajstić information content (AvgIpc) is 3.15. The topological polar surface area (TPSA) is 224 Å². The van der Waals surface area contributed by atoms with Crippen LogP contribution in [-0.2, 0) is 19.0 Å². The molecule has 6 aliphatic rings. The third kappa shape index (κ3) is 5.81. The van der Waals surface area contributed by atoms with E-state index in [1.165, 1.54) is 0 Å². The highest BCUT2D eigenvalue weighted by Crippen LogP contribution is 2.76. The zero-order valence-corrected chi connectivity index (χ0v) is 33.4. The van der Waals surface area contributed by atoms with Gasteiger partial charge in [-0.15, -0.1) is 0 Å². The Balaban J connectivity index is 1.21. The number of esters is 1. The van der Waals surface area contributed by atoms with Gasteiger partial charge in [-0.2, -0.15) is 0 Å². The molecule has 13 heteroatoms. The summed E-state index contributed by atoms with van der Waals surface area (Å²) in [5.74, 6) is -2.43. The summed E-state index contributed by atoms with van der Waals surface area (Å²) in [4.78, 5) is 25.1. The molecule has 0 amide bonds. The molecule has 1 aromatic carbocycles. The molecule has 1 saturated heterocycles. The van der Waals surface area contributed by atoms with Crippen molar-refractivity contribution < 1.29 is 64.7 Å². The van der Waals surface area contributed by atoms with E-state index in [1.54, 1.807) is 30.3 Å². The summed E-state index contributed by atoms with van der Waals surface area (Å²) in [6, 6.07) is 8.59. The number of carboxylic acid groups (broad SMARTS) is 1. The highest BCUT2D eigenvalue weighted by Gasteiger charge is 2.73. The number of fused-ring (bicyclic) bond motifs is 7. The zero-order valence-electron chi connectivity index (χ0n) is 33.4. The van der Waals surface area contributed by atoms with Gasteiger partial charge >= 0.3 is 11.9 Å². The summed E-state index contributed by atoms with van der Waals surface area (Å²) in [6.07, 6.45) is -6.67. The molecule has 1 aliphatic heterocycles. The first-order valence-electron chi connectivity index (χ1n) is 20.3. The van der Waals surface area contributed by atoms with Crippen molar-refractivity contribution in [2.75, 3.05) is 13.2 Å². The molecule has 0 bridgehead atoms. The molecule has 56 heavy (non-hydrogen) atoms. The van der Waals surface area contributed by atoms with E-state index in [4.69, 9.17) is 14.2 Å². The van der Waals surface area contributed by atoms with Gasteiger partial charge in [0, 0.05) is 5.41 Å². The van der Waals surface area contributed by atoms with Crippen molar-refractivity contribution in [1.82, 2.24) is 0 Å². The zero-order chi connectivity index (χ0) is 41.0. The lowest BCUT2D eigenvalue weighted by Gasteiger charge is -2.72. The molecule has 17 atom stereocenters. The molecular weight excluding hydrogens is 724 g/mol. The number of carbonyl (C=O) groups is 2. The van der Waals surface area contributed by atoms with Crippen LogP contribution in [0.3, 0.4) is 0 Å². The predicted octanol–water partition coefficient (Wildman–Crippen LogP) is 2.81. The van der Waals surface area contributed by atoms with Crippen LogP contribution >= 0.6 is 0 Å². The van der Waals surface area contributed by atoms with Gasteiger partial charge in [-0.3, -0.25) is 0 Å². The number of rotatable bonds is 7. The number of benzene rings is 1. The number of aliphatic hydroxyl groups excluding tert-OH is 7. The second-order valence-electron chi connectivity index (χ2n) is 19.8. The van der Waals surface area contributed by atoms with Gasteiger partial charge in [0.25, 0.3) is 0 Å². The summed E-state index contributed by atoms with van der Waals surface area (Å²) in [5.41, 5.74) is -2.61. The smallest absolute Gasteiger partial charge is 0.338 e. The molecule has 7 rings (SSSR count). The molecular formula is C43H62O13. The van der Waals surface area contributed by atoms with E-state index < -0.39 is 94.6 Å². The van der Waals surface area contributed by atoms with Gasteiger partial charge < -0.3 is 55.1 Å². The van der Waals surface area contributed by atoms with Gasteiger partial charge in [0.1, 0.15) is 24.9 Å². The molecule has 13 nitrogen and oxygen atoms in total. The third-order valence-corrected chi connectivity index (χ3v) is 16.8. The van der Waals surface area contributed by atoms with E-state index in [9.17, 15) is 50.4 Å². The van der Waals surface area contributed by atoms with E-state index in [1.807, 2.05) is 20.8 Å². The molecule has 5 fully saturated rings. The molecule has 4 saturated carbocycles. The first-order valence-corrected chi connectivity index (χ1v) is 20.3.